The summed E-state index contributed by atoms with van der Waals surface area (Å²) in [5.41, 5.74) is 1.33. The van der Waals surface area contributed by atoms with E-state index in [0.29, 0.717) is 12.6 Å². The summed E-state index contributed by atoms with van der Waals surface area (Å²) >= 11 is 3.46. The number of hydrogen-bond donors (Lipinski definition) is 2. The molecule has 2 rings (SSSR count). The van der Waals surface area contributed by atoms with Crippen LogP contribution < -0.4 is 10.6 Å². The molecule has 0 saturated heterocycles. The lowest BCUT2D eigenvalue weighted by Gasteiger charge is -2.27. The second-order valence-corrected chi connectivity index (χ2v) is 8.05. The first-order valence-corrected chi connectivity index (χ1v) is 9.03. The first-order valence-electron chi connectivity index (χ1n) is 8.23. The van der Waals surface area contributed by atoms with Gasteiger partial charge in [-0.05, 0) is 42.4 Å². The molecule has 1 aliphatic rings. The van der Waals surface area contributed by atoms with Crippen LogP contribution in [-0.2, 0) is 6.42 Å². The lowest BCUT2D eigenvalue weighted by atomic mass is 9.86. The molecule has 0 atom stereocenters. The van der Waals surface area contributed by atoms with E-state index in [1.807, 2.05) is 0 Å². The molecular weight excluding hydrogens is 340 g/mol. The summed E-state index contributed by atoms with van der Waals surface area (Å²) in [4.78, 5) is 12.0. The molecule has 1 aromatic carbocycles. The summed E-state index contributed by atoms with van der Waals surface area (Å²) in [7, 11) is 0. The maximum absolute atomic E-state index is 12.0. The van der Waals surface area contributed by atoms with Gasteiger partial charge in [-0.1, -0.05) is 61.2 Å². The molecule has 0 bridgehead atoms. The Morgan fingerprint density at radius 2 is 1.82 bits per heavy atom. The number of carbonyl (C=O) groups excluding carboxylic acids is 1. The van der Waals surface area contributed by atoms with Crippen LogP contribution in [0.25, 0.3) is 0 Å². The summed E-state index contributed by atoms with van der Waals surface area (Å²) in [6.45, 7) is 5.06. The fraction of sp³-hybridized carbons (Fsp3) is 0.611. The van der Waals surface area contributed by atoms with Crippen LogP contribution in [0.2, 0.25) is 0 Å². The van der Waals surface area contributed by atoms with Gasteiger partial charge in [0, 0.05) is 17.1 Å². The zero-order valence-electron chi connectivity index (χ0n) is 13.6. The lowest BCUT2D eigenvalue weighted by molar-refractivity contribution is 0.225. The van der Waals surface area contributed by atoms with Crippen molar-refractivity contribution in [1.29, 1.82) is 0 Å². The molecule has 0 heterocycles. The number of amides is 2. The number of rotatable bonds is 5. The Labute approximate surface area is 142 Å². The number of benzene rings is 1. The Morgan fingerprint density at radius 1 is 1.18 bits per heavy atom. The normalized spacial score (nSPS) is 16.3. The van der Waals surface area contributed by atoms with E-state index in [1.54, 1.807) is 0 Å². The molecule has 2 N–H and O–H groups in total. The average molecular weight is 367 g/mol. The minimum atomic E-state index is -0.0178. The zero-order chi connectivity index (χ0) is 16.0. The van der Waals surface area contributed by atoms with Crippen LogP contribution in [0.3, 0.4) is 0 Å². The minimum Gasteiger partial charge on any atom is -0.338 e. The highest BCUT2D eigenvalue weighted by Gasteiger charge is 2.21. The standard InChI is InChI=1S/C18H27BrN2O/c1-18(2,12-14-8-10-15(19)11-9-14)13-20-17(22)21-16-6-4-3-5-7-16/h8-11,16H,3-7,12-13H2,1-2H3,(H2,20,21,22). The summed E-state index contributed by atoms with van der Waals surface area (Å²) < 4.78 is 1.10. The van der Waals surface area contributed by atoms with Gasteiger partial charge in [-0.25, -0.2) is 4.79 Å². The Kier molecular flexibility index (Phi) is 6.30. The first kappa shape index (κ1) is 17.3. The smallest absolute Gasteiger partial charge is 0.315 e. The first-order chi connectivity index (χ1) is 10.4. The second kappa shape index (κ2) is 8.00. The molecule has 1 aliphatic carbocycles. The molecule has 22 heavy (non-hydrogen) atoms. The summed E-state index contributed by atoms with van der Waals surface area (Å²) in [6, 6.07) is 8.74. The predicted molar refractivity (Wildman–Crippen MR) is 95.0 cm³/mol. The van der Waals surface area contributed by atoms with Gasteiger partial charge in [-0.3, -0.25) is 0 Å². The van der Waals surface area contributed by atoms with Gasteiger partial charge < -0.3 is 10.6 Å². The van der Waals surface area contributed by atoms with Crippen molar-refractivity contribution in [1.82, 2.24) is 10.6 Å². The number of urea groups is 1. The van der Waals surface area contributed by atoms with Crippen molar-refractivity contribution in [2.75, 3.05) is 6.54 Å². The molecule has 0 aromatic heterocycles. The van der Waals surface area contributed by atoms with Gasteiger partial charge in [0.2, 0.25) is 0 Å². The number of halogens is 1. The van der Waals surface area contributed by atoms with E-state index >= 15 is 0 Å². The molecule has 1 aromatic rings. The van der Waals surface area contributed by atoms with Crippen LogP contribution in [0.4, 0.5) is 4.79 Å². The molecule has 4 heteroatoms. The van der Waals surface area contributed by atoms with Crippen molar-refractivity contribution in [3.05, 3.63) is 34.3 Å². The maximum atomic E-state index is 12.0. The van der Waals surface area contributed by atoms with E-state index in [2.05, 4.69) is 64.7 Å². The predicted octanol–water partition coefficient (Wildman–Crippen LogP) is 4.65. The molecule has 0 radical (unpaired) electrons. The van der Waals surface area contributed by atoms with Crippen LogP contribution in [-0.4, -0.2) is 18.6 Å². The molecule has 0 aliphatic heterocycles. The molecule has 1 saturated carbocycles. The quantitative estimate of drug-likeness (QED) is 0.782. The third-order valence-electron chi connectivity index (χ3n) is 4.26. The van der Waals surface area contributed by atoms with Crippen LogP contribution in [0.1, 0.15) is 51.5 Å². The molecule has 2 amide bonds. The van der Waals surface area contributed by atoms with Crippen molar-refractivity contribution < 1.29 is 4.79 Å². The Bertz CT molecular complexity index is 478. The Morgan fingerprint density at radius 3 is 2.45 bits per heavy atom. The van der Waals surface area contributed by atoms with E-state index in [4.69, 9.17) is 0 Å². The van der Waals surface area contributed by atoms with Gasteiger partial charge in [0.05, 0.1) is 0 Å². The lowest BCUT2D eigenvalue weighted by Crippen LogP contribution is -2.46. The highest BCUT2D eigenvalue weighted by Crippen LogP contribution is 2.22. The zero-order valence-corrected chi connectivity index (χ0v) is 15.2. The SMILES string of the molecule is CC(C)(CNC(=O)NC1CCCCC1)Cc1ccc(Br)cc1. The molecule has 1 fully saturated rings. The van der Waals surface area contributed by atoms with Crippen LogP contribution in [0.5, 0.6) is 0 Å². The van der Waals surface area contributed by atoms with E-state index in [-0.39, 0.29) is 11.4 Å². The van der Waals surface area contributed by atoms with Crippen molar-refractivity contribution in [2.45, 2.75) is 58.4 Å². The molecule has 0 spiro atoms. The van der Waals surface area contributed by atoms with E-state index in [9.17, 15) is 4.79 Å². The van der Waals surface area contributed by atoms with Gasteiger partial charge in [0.1, 0.15) is 0 Å². The van der Waals surface area contributed by atoms with Gasteiger partial charge in [0.15, 0.2) is 0 Å². The maximum Gasteiger partial charge on any atom is 0.315 e. The number of nitrogens with one attached hydrogen (secondary N) is 2. The van der Waals surface area contributed by atoms with Gasteiger partial charge >= 0.3 is 6.03 Å². The van der Waals surface area contributed by atoms with Gasteiger partial charge in [-0.2, -0.15) is 0 Å². The third kappa shape index (κ3) is 5.99. The van der Waals surface area contributed by atoms with Crippen molar-refractivity contribution in [3.63, 3.8) is 0 Å². The molecule has 3 nitrogen and oxygen atoms in total. The molecule has 0 unspecified atom stereocenters. The third-order valence-corrected chi connectivity index (χ3v) is 4.79. The van der Waals surface area contributed by atoms with Crippen LogP contribution in [0.15, 0.2) is 28.7 Å². The average Bonchev–Trinajstić information content (AvgIpc) is 2.49. The summed E-state index contributed by atoms with van der Waals surface area (Å²) in [5, 5.41) is 6.15. The van der Waals surface area contributed by atoms with Crippen molar-refractivity contribution >= 4 is 22.0 Å². The van der Waals surface area contributed by atoms with Gasteiger partial charge in [0.25, 0.3) is 0 Å². The second-order valence-electron chi connectivity index (χ2n) is 7.13. The summed E-state index contributed by atoms with van der Waals surface area (Å²) in [6.07, 6.45) is 6.97. The monoisotopic (exact) mass is 366 g/mol. The fourth-order valence-electron chi connectivity index (χ4n) is 3.02. The summed E-state index contributed by atoms with van der Waals surface area (Å²) in [5.74, 6) is 0. The minimum absolute atomic E-state index is 0.0178. The van der Waals surface area contributed by atoms with Gasteiger partial charge in [-0.15, -0.1) is 0 Å². The molecular formula is C18H27BrN2O. The Hall–Kier alpha value is -1.03. The fourth-order valence-corrected chi connectivity index (χ4v) is 3.28. The van der Waals surface area contributed by atoms with Crippen molar-refractivity contribution in [2.24, 2.45) is 5.41 Å². The number of carbonyl (C=O) groups is 1. The highest BCUT2D eigenvalue weighted by molar-refractivity contribution is 9.10. The Balaban J connectivity index is 1.76. The van der Waals surface area contributed by atoms with Crippen LogP contribution >= 0.6 is 15.9 Å². The number of hydrogen-bond acceptors (Lipinski definition) is 1. The van der Waals surface area contributed by atoms with E-state index in [1.165, 1.54) is 24.8 Å². The molecule has 122 valence electrons. The van der Waals surface area contributed by atoms with E-state index in [0.717, 1.165) is 23.7 Å². The largest absolute Gasteiger partial charge is 0.338 e. The van der Waals surface area contributed by atoms with Crippen LogP contribution in [0, 0.1) is 5.41 Å². The van der Waals surface area contributed by atoms with E-state index < -0.39 is 0 Å². The van der Waals surface area contributed by atoms with Crippen molar-refractivity contribution in [3.8, 4) is 0 Å². The highest BCUT2D eigenvalue weighted by atomic mass is 79.9. The topological polar surface area (TPSA) is 41.1 Å².